The summed E-state index contributed by atoms with van der Waals surface area (Å²) in [5.41, 5.74) is 1.29. The second kappa shape index (κ2) is 10.7. The zero-order chi connectivity index (χ0) is 24.0. The molecule has 1 N–H and O–H groups in total. The van der Waals surface area contributed by atoms with Crippen molar-refractivity contribution < 1.29 is 22.4 Å². The van der Waals surface area contributed by atoms with Crippen molar-refractivity contribution in [3.63, 3.8) is 0 Å². The molecule has 0 spiro atoms. The normalized spacial score (nSPS) is 13.7. The number of nitrogens with one attached hydrogen (secondary N) is 1. The number of amides is 1. The summed E-state index contributed by atoms with van der Waals surface area (Å²) in [5, 5.41) is 2.85. The van der Waals surface area contributed by atoms with Gasteiger partial charge in [-0.05, 0) is 43.5 Å². The smallest absolute Gasteiger partial charge is 0.416 e. The highest BCUT2D eigenvalue weighted by Gasteiger charge is 2.30. The molecule has 1 amide bonds. The zero-order valence-electron chi connectivity index (χ0n) is 18.9. The number of nitrogens with zero attached hydrogens (tertiary/aromatic N) is 2. The molecular weight excluding hydrogens is 431 g/mol. The van der Waals surface area contributed by atoms with Crippen molar-refractivity contribution in [2.24, 2.45) is 0 Å². The fraction of sp³-hybridized carbons (Fsp3) is 0.360. The minimum Gasteiger partial charge on any atom is -0.447 e. The van der Waals surface area contributed by atoms with Crippen LogP contribution in [-0.2, 0) is 19.3 Å². The number of benzene rings is 2. The van der Waals surface area contributed by atoms with Gasteiger partial charge in [-0.2, -0.15) is 13.2 Å². The first-order chi connectivity index (χ1) is 15.7. The topological polar surface area (TPSA) is 58.4 Å². The molecule has 0 aliphatic carbocycles. The summed E-state index contributed by atoms with van der Waals surface area (Å²) in [6.45, 7) is 6.56. The number of carbonyl (C=O) groups is 1. The predicted molar refractivity (Wildman–Crippen MR) is 119 cm³/mol. The molecule has 2 atom stereocenters. The molecule has 176 valence electrons. The molecule has 0 radical (unpaired) electrons. The monoisotopic (exact) mass is 459 g/mol. The number of halogens is 3. The first-order valence-corrected chi connectivity index (χ1v) is 10.9. The number of hydrogen-bond donors (Lipinski definition) is 1. The number of aromatic nitrogens is 1. The molecule has 2 aromatic carbocycles. The first kappa shape index (κ1) is 24.5. The standard InChI is InChI=1S/C25H28F3N3O2/c1-4-17(2)29-24(32)22-16-33-23(30-22)15-31(18(3)20-8-6-5-7-9-20)14-19-10-12-21(13-11-19)25(26,27)28/h5-13,16-18H,4,14-15H2,1-3H3,(H,29,32)/t17-,18+/m1/s1. The van der Waals surface area contributed by atoms with Gasteiger partial charge in [0.2, 0.25) is 5.89 Å². The minimum absolute atomic E-state index is 0.0203. The van der Waals surface area contributed by atoms with Crippen LogP contribution in [0.15, 0.2) is 65.3 Å². The zero-order valence-corrected chi connectivity index (χ0v) is 18.9. The van der Waals surface area contributed by atoms with Crippen LogP contribution in [0.5, 0.6) is 0 Å². The Bertz CT molecular complexity index is 1030. The van der Waals surface area contributed by atoms with E-state index in [9.17, 15) is 18.0 Å². The second-order valence-electron chi connectivity index (χ2n) is 8.10. The Morgan fingerprint density at radius 3 is 2.33 bits per heavy atom. The van der Waals surface area contributed by atoms with Crippen LogP contribution in [0.1, 0.15) is 66.3 Å². The van der Waals surface area contributed by atoms with Gasteiger partial charge in [0.05, 0.1) is 12.1 Å². The maximum atomic E-state index is 12.9. The van der Waals surface area contributed by atoms with E-state index in [2.05, 4.69) is 10.3 Å². The van der Waals surface area contributed by atoms with Crippen molar-refractivity contribution in [3.8, 4) is 0 Å². The van der Waals surface area contributed by atoms with Crippen molar-refractivity contribution in [3.05, 3.63) is 89.1 Å². The van der Waals surface area contributed by atoms with Crippen LogP contribution in [0, 0.1) is 0 Å². The van der Waals surface area contributed by atoms with E-state index in [0.29, 0.717) is 12.4 Å². The van der Waals surface area contributed by atoms with Crippen molar-refractivity contribution in [1.29, 1.82) is 0 Å². The molecule has 0 aliphatic rings. The van der Waals surface area contributed by atoms with Gasteiger partial charge in [0.1, 0.15) is 6.26 Å². The summed E-state index contributed by atoms with van der Waals surface area (Å²) < 4.78 is 44.3. The maximum Gasteiger partial charge on any atom is 0.416 e. The summed E-state index contributed by atoms with van der Waals surface area (Å²) in [6.07, 6.45) is -2.25. The van der Waals surface area contributed by atoms with E-state index in [-0.39, 0.29) is 30.2 Å². The Morgan fingerprint density at radius 2 is 1.73 bits per heavy atom. The van der Waals surface area contributed by atoms with Gasteiger partial charge < -0.3 is 9.73 Å². The minimum atomic E-state index is -4.38. The molecule has 5 nitrogen and oxygen atoms in total. The second-order valence-corrected chi connectivity index (χ2v) is 8.10. The van der Waals surface area contributed by atoms with Crippen LogP contribution in [-0.4, -0.2) is 21.8 Å². The molecular formula is C25H28F3N3O2. The van der Waals surface area contributed by atoms with Crippen LogP contribution < -0.4 is 5.32 Å². The van der Waals surface area contributed by atoms with E-state index in [1.807, 2.05) is 56.0 Å². The molecule has 0 bridgehead atoms. The Hall–Kier alpha value is -3.13. The first-order valence-electron chi connectivity index (χ1n) is 10.9. The van der Waals surface area contributed by atoms with E-state index in [4.69, 9.17) is 4.42 Å². The van der Waals surface area contributed by atoms with Gasteiger partial charge in [0, 0.05) is 18.6 Å². The van der Waals surface area contributed by atoms with Gasteiger partial charge in [0.15, 0.2) is 5.69 Å². The van der Waals surface area contributed by atoms with Gasteiger partial charge in [0.25, 0.3) is 5.91 Å². The van der Waals surface area contributed by atoms with E-state index >= 15 is 0 Å². The highest BCUT2D eigenvalue weighted by Crippen LogP contribution is 2.30. The lowest BCUT2D eigenvalue weighted by molar-refractivity contribution is -0.137. The molecule has 1 heterocycles. The Balaban J connectivity index is 1.80. The van der Waals surface area contributed by atoms with Crippen LogP contribution in [0.2, 0.25) is 0 Å². The number of rotatable bonds is 9. The highest BCUT2D eigenvalue weighted by atomic mass is 19.4. The highest BCUT2D eigenvalue weighted by molar-refractivity contribution is 5.92. The van der Waals surface area contributed by atoms with Gasteiger partial charge in [-0.3, -0.25) is 9.69 Å². The third-order valence-corrected chi connectivity index (χ3v) is 5.61. The van der Waals surface area contributed by atoms with Crippen molar-refractivity contribution in [2.75, 3.05) is 0 Å². The number of oxazole rings is 1. The molecule has 33 heavy (non-hydrogen) atoms. The van der Waals surface area contributed by atoms with Crippen molar-refractivity contribution >= 4 is 5.91 Å². The number of hydrogen-bond acceptors (Lipinski definition) is 4. The van der Waals surface area contributed by atoms with Crippen LogP contribution in [0.25, 0.3) is 0 Å². The largest absolute Gasteiger partial charge is 0.447 e. The van der Waals surface area contributed by atoms with E-state index < -0.39 is 11.7 Å². The van der Waals surface area contributed by atoms with Gasteiger partial charge >= 0.3 is 6.18 Å². The molecule has 3 aromatic rings. The summed E-state index contributed by atoms with van der Waals surface area (Å²) in [4.78, 5) is 18.7. The van der Waals surface area contributed by atoms with Crippen LogP contribution in [0.4, 0.5) is 13.2 Å². The fourth-order valence-electron chi connectivity index (χ4n) is 3.37. The summed E-state index contributed by atoms with van der Waals surface area (Å²) in [7, 11) is 0. The Kier molecular flexibility index (Phi) is 7.92. The fourth-order valence-corrected chi connectivity index (χ4v) is 3.37. The Morgan fingerprint density at radius 1 is 1.06 bits per heavy atom. The summed E-state index contributed by atoms with van der Waals surface area (Å²) >= 11 is 0. The van der Waals surface area contributed by atoms with Gasteiger partial charge in [-0.25, -0.2) is 4.98 Å². The molecule has 0 fully saturated rings. The third-order valence-electron chi connectivity index (χ3n) is 5.61. The summed E-state index contributed by atoms with van der Waals surface area (Å²) in [5.74, 6) is 0.0590. The quantitative estimate of drug-likeness (QED) is 0.427. The van der Waals surface area contributed by atoms with Crippen LogP contribution >= 0.6 is 0 Å². The third kappa shape index (κ3) is 6.68. The lowest BCUT2D eigenvalue weighted by Crippen LogP contribution is -2.32. The molecule has 8 heteroatoms. The molecule has 0 aliphatic heterocycles. The SMILES string of the molecule is CC[C@@H](C)NC(=O)c1coc(CN(Cc2ccc(C(F)(F)F)cc2)[C@@H](C)c2ccccc2)n1. The summed E-state index contributed by atoms with van der Waals surface area (Å²) in [6, 6.07) is 14.9. The van der Waals surface area contributed by atoms with Crippen molar-refractivity contribution in [1.82, 2.24) is 15.2 Å². The van der Waals surface area contributed by atoms with Gasteiger partial charge in [-0.15, -0.1) is 0 Å². The lowest BCUT2D eigenvalue weighted by atomic mass is 10.1. The van der Waals surface area contributed by atoms with Crippen LogP contribution in [0.3, 0.4) is 0 Å². The molecule has 0 unspecified atom stereocenters. The number of alkyl halides is 3. The lowest BCUT2D eigenvalue weighted by Gasteiger charge is -2.28. The van der Waals surface area contributed by atoms with Gasteiger partial charge in [-0.1, -0.05) is 49.4 Å². The molecule has 1 aromatic heterocycles. The average molecular weight is 460 g/mol. The predicted octanol–water partition coefficient (Wildman–Crippen LogP) is 5.99. The van der Waals surface area contributed by atoms with E-state index in [1.54, 1.807) is 0 Å². The van der Waals surface area contributed by atoms with E-state index in [0.717, 1.165) is 29.7 Å². The molecule has 3 rings (SSSR count). The maximum absolute atomic E-state index is 12.9. The molecule has 0 saturated heterocycles. The molecule has 0 saturated carbocycles. The number of carbonyl (C=O) groups excluding carboxylic acids is 1. The Labute approximate surface area is 191 Å². The average Bonchev–Trinajstić information content (AvgIpc) is 3.27. The van der Waals surface area contributed by atoms with E-state index in [1.165, 1.54) is 18.4 Å². The van der Waals surface area contributed by atoms with Crippen molar-refractivity contribution in [2.45, 2.75) is 58.5 Å².